The van der Waals surface area contributed by atoms with Crippen molar-refractivity contribution < 1.29 is 19.1 Å². The lowest BCUT2D eigenvalue weighted by atomic mass is 10.1. The molecule has 0 bridgehead atoms. The van der Waals surface area contributed by atoms with E-state index in [0.29, 0.717) is 32.7 Å². The third-order valence-corrected chi connectivity index (χ3v) is 6.72. The van der Waals surface area contributed by atoms with Crippen molar-refractivity contribution in [2.24, 2.45) is 0 Å². The van der Waals surface area contributed by atoms with Gasteiger partial charge in [-0.2, -0.15) is 0 Å². The maximum atomic E-state index is 13.6. The number of nitrogens with one attached hydrogen (secondary N) is 1. The summed E-state index contributed by atoms with van der Waals surface area (Å²) < 4.78 is 11.0. The van der Waals surface area contributed by atoms with E-state index in [4.69, 9.17) is 9.47 Å². The lowest BCUT2D eigenvalue weighted by molar-refractivity contribution is -0.143. The van der Waals surface area contributed by atoms with Crippen molar-refractivity contribution in [3.63, 3.8) is 0 Å². The number of nitrogens with zero attached hydrogens (tertiary/aromatic N) is 2. The number of rotatable bonds is 14. The predicted octanol–water partition coefficient (Wildman–Crippen LogP) is 5.20. The molecule has 0 atom stereocenters. The van der Waals surface area contributed by atoms with E-state index in [9.17, 15) is 9.59 Å². The Balaban J connectivity index is 1.43. The van der Waals surface area contributed by atoms with E-state index in [2.05, 4.69) is 11.1 Å². The summed E-state index contributed by atoms with van der Waals surface area (Å²) >= 11 is 0. The number of aromatic nitrogens is 1. The zero-order chi connectivity index (χ0) is 27.5. The molecule has 0 aliphatic rings. The third kappa shape index (κ3) is 7.94. The largest absolute Gasteiger partial charge is 0.497 e. The molecule has 0 saturated heterocycles. The summed E-state index contributed by atoms with van der Waals surface area (Å²) in [4.78, 5) is 33.4. The number of methoxy groups -OCH3 is 1. The highest BCUT2D eigenvalue weighted by atomic mass is 16.5. The van der Waals surface area contributed by atoms with Crippen molar-refractivity contribution in [3.8, 4) is 5.75 Å². The standard InChI is InChI=1S/C32H37N3O4/c1-3-18-34(32(37)24-39-23-26-9-5-4-6-10-26)22-31(36)35(21-25-13-15-28(38-2)16-14-25)19-17-27-20-33-30-12-8-7-11-29(27)30/h4-16,20,33H,3,17-19,21-24H2,1-2H3. The van der Waals surface area contributed by atoms with Gasteiger partial charge in [0.25, 0.3) is 0 Å². The average Bonchev–Trinajstić information content (AvgIpc) is 3.39. The zero-order valence-electron chi connectivity index (χ0n) is 22.8. The molecular formula is C32H37N3O4. The molecule has 1 aromatic heterocycles. The number of hydrogen-bond acceptors (Lipinski definition) is 4. The number of para-hydroxylation sites is 1. The fourth-order valence-electron chi connectivity index (χ4n) is 4.58. The third-order valence-electron chi connectivity index (χ3n) is 6.72. The molecule has 1 N–H and O–H groups in total. The number of aromatic amines is 1. The van der Waals surface area contributed by atoms with Crippen LogP contribution < -0.4 is 4.74 Å². The number of benzene rings is 3. The molecule has 4 rings (SSSR count). The Morgan fingerprint density at radius 2 is 1.56 bits per heavy atom. The second kappa shape index (κ2) is 14.2. The number of H-pyrrole nitrogens is 1. The molecular weight excluding hydrogens is 490 g/mol. The van der Waals surface area contributed by atoms with Crippen molar-refractivity contribution >= 4 is 22.7 Å². The summed E-state index contributed by atoms with van der Waals surface area (Å²) in [6.07, 6.45) is 3.47. The Hall–Kier alpha value is -4.10. The maximum absolute atomic E-state index is 13.6. The van der Waals surface area contributed by atoms with E-state index in [1.165, 1.54) is 0 Å². The van der Waals surface area contributed by atoms with Crippen molar-refractivity contribution in [1.82, 2.24) is 14.8 Å². The normalized spacial score (nSPS) is 10.9. The summed E-state index contributed by atoms with van der Waals surface area (Å²) in [6.45, 7) is 3.80. The number of fused-ring (bicyclic) bond motifs is 1. The lowest BCUT2D eigenvalue weighted by Gasteiger charge is -2.28. The molecule has 39 heavy (non-hydrogen) atoms. The highest BCUT2D eigenvalue weighted by Crippen LogP contribution is 2.19. The van der Waals surface area contributed by atoms with Gasteiger partial charge in [-0.05, 0) is 47.7 Å². The van der Waals surface area contributed by atoms with Crippen LogP contribution >= 0.6 is 0 Å². The van der Waals surface area contributed by atoms with Crippen molar-refractivity contribution in [2.45, 2.75) is 32.9 Å². The second-order valence-corrected chi connectivity index (χ2v) is 9.57. The van der Waals surface area contributed by atoms with Crippen LogP contribution in [0.3, 0.4) is 0 Å². The van der Waals surface area contributed by atoms with Crippen LogP contribution in [0.2, 0.25) is 0 Å². The van der Waals surface area contributed by atoms with E-state index in [-0.39, 0.29) is 25.0 Å². The van der Waals surface area contributed by atoms with E-state index < -0.39 is 0 Å². The molecule has 204 valence electrons. The Kier molecular flexibility index (Phi) is 10.1. The van der Waals surface area contributed by atoms with Gasteiger partial charge in [0.1, 0.15) is 12.4 Å². The minimum absolute atomic E-state index is 0.0193. The number of hydrogen-bond donors (Lipinski definition) is 1. The van der Waals surface area contributed by atoms with Gasteiger partial charge >= 0.3 is 0 Å². The average molecular weight is 528 g/mol. The number of amides is 2. The highest BCUT2D eigenvalue weighted by molar-refractivity contribution is 5.86. The van der Waals surface area contributed by atoms with E-state index >= 15 is 0 Å². The number of carbonyl (C=O) groups excluding carboxylic acids is 2. The Morgan fingerprint density at radius 1 is 0.821 bits per heavy atom. The summed E-state index contributed by atoms with van der Waals surface area (Å²) in [5, 5.41) is 1.16. The quantitative estimate of drug-likeness (QED) is 0.245. The van der Waals surface area contributed by atoms with Crippen LogP contribution in [-0.2, 0) is 33.9 Å². The Labute approximate surface area is 230 Å². The molecule has 0 radical (unpaired) electrons. The summed E-state index contributed by atoms with van der Waals surface area (Å²) in [5.41, 5.74) is 4.25. The van der Waals surface area contributed by atoms with E-state index in [0.717, 1.165) is 39.8 Å². The van der Waals surface area contributed by atoms with Gasteiger partial charge in [0.15, 0.2) is 0 Å². The van der Waals surface area contributed by atoms with Crippen LogP contribution in [0.1, 0.15) is 30.0 Å². The van der Waals surface area contributed by atoms with Gasteiger partial charge in [-0.1, -0.05) is 67.6 Å². The van der Waals surface area contributed by atoms with Crippen LogP contribution in [0.25, 0.3) is 10.9 Å². The maximum Gasteiger partial charge on any atom is 0.249 e. The highest BCUT2D eigenvalue weighted by Gasteiger charge is 2.22. The van der Waals surface area contributed by atoms with Gasteiger partial charge < -0.3 is 24.3 Å². The van der Waals surface area contributed by atoms with E-state index in [1.54, 1.807) is 12.0 Å². The topological polar surface area (TPSA) is 74.9 Å². The molecule has 1 heterocycles. The van der Waals surface area contributed by atoms with Crippen LogP contribution in [-0.4, -0.2) is 59.9 Å². The molecule has 2 amide bonds. The van der Waals surface area contributed by atoms with Gasteiger partial charge in [-0.25, -0.2) is 0 Å². The second-order valence-electron chi connectivity index (χ2n) is 9.57. The smallest absolute Gasteiger partial charge is 0.249 e. The first-order valence-corrected chi connectivity index (χ1v) is 13.4. The molecule has 0 aliphatic carbocycles. The van der Waals surface area contributed by atoms with Crippen LogP contribution in [0.15, 0.2) is 85.1 Å². The summed E-state index contributed by atoms with van der Waals surface area (Å²) in [7, 11) is 1.63. The fourth-order valence-corrected chi connectivity index (χ4v) is 4.58. The summed E-state index contributed by atoms with van der Waals surface area (Å²) in [6, 6.07) is 25.6. The molecule has 3 aromatic carbocycles. The fraction of sp³-hybridized carbons (Fsp3) is 0.312. The van der Waals surface area contributed by atoms with Gasteiger partial charge in [0.2, 0.25) is 11.8 Å². The van der Waals surface area contributed by atoms with Crippen LogP contribution in [0, 0.1) is 0 Å². The van der Waals surface area contributed by atoms with Crippen molar-refractivity contribution in [2.75, 3.05) is 33.4 Å². The monoisotopic (exact) mass is 527 g/mol. The van der Waals surface area contributed by atoms with Gasteiger partial charge in [-0.15, -0.1) is 0 Å². The lowest BCUT2D eigenvalue weighted by Crippen LogP contribution is -2.44. The van der Waals surface area contributed by atoms with Crippen molar-refractivity contribution in [1.29, 1.82) is 0 Å². The molecule has 0 unspecified atom stereocenters. The van der Waals surface area contributed by atoms with Gasteiger partial charge in [0, 0.05) is 36.7 Å². The molecule has 4 aromatic rings. The SMILES string of the molecule is CCCN(CC(=O)N(CCc1c[nH]c2ccccc12)Cc1ccc(OC)cc1)C(=O)COCc1ccccc1. The van der Waals surface area contributed by atoms with Gasteiger partial charge in [0.05, 0.1) is 20.3 Å². The first-order valence-electron chi connectivity index (χ1n) is 13.4. The first-order chi connectivity index (χ1) is 19.1. The molecule has 7 nitrogen and oxygen atoms in total. The Morgan fingerprint density at radius 3 is 2.31 bits per heavy atom. The predicted molar refractivity (Wildman–Crippen MR) is 153 cm³/mol. The zero-order valence-corrected chi connectivity index (χ0v) is 22.8. The van der Waals surface area contributed by atoms with Crippen molar-refractivity contribution in [3.05, 3.63) is 102 Å². The van der Waals surface area contributed by atoms with Gasteiger partial charge in [-0.3, -0.25) is 9.59 Å². The molecule has 7 heteroatoms. The molecule has 0 spiro atoms. The minimum Gasteiger partial charge on any atom is -0.497 e. The molecule has 0 saturated carbocycles. The minimum atomic E-state index is -0.179. The molecule has 0 fully saturated rings. The van der Waals surface area contributed by atoms with E-state index in [1.807, 2.05) is 90.8 Å². The Bertz CT molecular complexity index is 1330. The first kappa shape index (κ1) is 27.9. The number of ether oxygens (including phenoxy) is 2. The van der Waals surface area contributed by atoms with Crippen LogP contribution in [0.5, 0.6) is 5.75 Å². The van der Waals surface area contributed by atoms with Crippen LogP contribution in [0.4, 0.5) is 0 Å². The summed E-state index contributed by atoms with van der Waals surface area (Å²) in [5.74, 6) is 0.503. The molecule has 0 aliphatic heterocycles. The number of carbonyl (C=O) groups is 2.